The van der Waals surface area contributed by atoms with E-state index in [-0.39, 0.29) is 12.0 Å². The maximum Gasteiger partial charge on any atom is 0.410 e. The van der Waals surface area contributed by atoms with Gasteiger partial charge in [0, 0.05) is 31.1 Å². The van der Waals surface area contributed by atoms with Gasteiger partial charge in [-0.25, -0.2) is 4.79 Å². The first kappa shape index (κ1) is 23.6. The molecule has 7 heteroatoms. The van der Waals surface area contributed by atoms with Crippen LogP contribution >= 0.6 is 0 Å². The van der Waals surface area contributed by atoms with Crippen molar-refractivity contribution >= 4 is 12.0 Å². The number of ether oxygens (including phenoxy) is 3. The van der Waals surface area contributed by atoms with Crippen molar-refractivity contribution in [3.8, 4) is 11.5 Å². The van der Waals surface area contributed by atoms with Crippen molar-refractivity contribution in [2.45, 2.75) is 59.6 Å². The molecule has 0 atom stereocenters. The molecule has 1 aromatic rings. The summed E-state index contributed by atoms with van der Waals surface area (Å²) in [4.78, 5) is 25.6. The van der Waals surface area contributed by atoms with Crippen molar-refractivity contribution in [3.05, 3.63) is 23.8 Å². The van der Waals surface area contributed by atoms with Gasteiger partial charge in [-0.05, 0) is 53.2 Å². The van der Waals surface area contributed by atoms with Crippen LogP contribution in [0.3, 0.4) is 0 Å². The van der Waals surface area contributed by atoms with Crippen LogP contribution in [0.15, 0.2) is 18.2 Å². The fourth-order valence-corrected chi connectivity index (χ4v) is 2.46. The van der Waals surface area contributed by atoms with Crippen LogP contribution < -0.4 is 14.8 Å². The Morgan fingerprint density at radius 1 is 1.18 bits per heavy atom. The van der Waals surface area contributed by atoms with Crippen LogP contribution in [0.2, 0.25) is 0 Å². The second kappa shape index (κ2) is 11.4. The molecule has 0 saturated heterocycles. The summed E-state index contributed by atoms with van der Waals surface area (Å²) < 4.78 is 16.6. The van der Waals surface area contributed by atoms with Crippen LogP contribution in [-0.2, 0) is 16.1 Å². The van der Waals surface area contributed by atoms with Gasteiger partial charge >= 0.3 is 6.09 Å². The number of methoxy groups -OCH3 is 1. The van der Waals surface area contributed by atoms with E-state index in [0.717, 1.165) is 5.56 Å². The van der Waals surface area contributed by atoms with Crippen LogP contribution in [0, 0.1) is 0 Å². The molecule has 158 valence electrons. The molecule has 2 amide bonds. The summed E-state index contributed by atoms with van der Waals surface area (Å²) in [5.41, 5.74) is 0.300. The third kappa shape index (κ3) is 8.50. The first-order valence-electron chi connectivity index (χ1n) is 9.74. The number of carbonyl (C=O) groups is 2. The second-order valence-electron chi connectivity index (χ2n) is 7.37. The number of nitrogens with one attached hydrogen (secondary N) is 1. The highest BCUT2D eigenvalue weighted by Gasteiger charge is 2.22. The SMILES string of the molecule is CCNC(=O)CCCOc1cc(OC)ccc1CN(CC)C(=O)OC(C)(C)C. The topological polar surface area (TPSA) is 77.1 Å². The highest BCUT2D eigenvalue weighted by molar-refractivity contribution is 5.75. The Labute approximate surface area is 168 Å². The molecule has 1 N–H and O–H groups in total. The lowest BCUT2D eigenvalue weighted by Crippen LogP contribution is -2.36. The summed E-state index contributed by atoms with van der Waals surface area (Å²) in [5.74, 6) is 1.32. The van der Waals surface area contributed by atoms with E-state index in [2.05, 4.69) is 5.32 Å². The third-order valence-electron chi connectivity index (χ3n) is 3.85. The molecule has 0 saturated carbocycles. The maximum atomic E-state index is 12.4. The summed E-state index contributed by atoms with van der Waals surface area (Å²) >= 11 is 0. The quantitative estimate of drug-likeness (QED) is 0.612. The Morgan fingerprint density at radius 2 is 1.89 bits per heavy atom. The minimum atomic E-state index is -0.553. The normalized spacial score (nSPS) is 10.9. The van der Waals surface area contributed by atoms with Gasteiger partial charge in [0.05, 0.1) is 20.3 Å². The van der Waals surface area contributed by atoms with Gasteiger partial charge in [-0.2, -0.15) is 0 Å². The summed E-state index contributed by atoms with van der Waals surface area (Å²) in [6, 6.07) is 5.51. The van der Waals surface area contributed by atoms with E-state index in [1.807, 2.05) is 46.8 Å². The molecule has 0 spiro atoms. The van der Waals surface area contributed by atoms with Crippen molar-refractivity contribution in [3.63, 3.8) is 0 Å². The fraction of sp³-hybridized carbons (Fsp3) is 0.619. The molecule has 0 aliphatic heterocycles. The second-order valence-corrected chi connectivity index (χ2v) is 7.37. The Hall–Kier alpha value is -2.44. The van der Waals surface area contributed by atoms with E-state index in [1.54, 1.807) is 18.1 Å². The average molecular weight is 395 g/mol. The van der Waals surface area contributed by atoms with Crippen LogP contribution in [0.1, 0.15) is 53.0 Å². The van der Waals surface area contributed by atoms with E-state index in [9.17, 15) is 9.59 Å². The molecule has 0 bridgehead atoms. The molecule has 0 radical (unpaired) electrons. The lowest BCUT2D eigenvalue weighted by molar-refractivity contribution is -0.121. The zero-order valence-electron chi connectivity index (χ0n) is 18.0. The van der Waals surface area contributed by atoms with Gasteiger partial charge in [-0.1, -0.05) is 0 Å². The van der Waals surface area contributed by atoms with E-state index in [1.165, 1.54) is 0 Å². The van der Waals surface area contributed by atoms with Crippen molar-refractivity contribution in [1.29, 1.82) is 0 Å². The van der Waals surface area contributed by atoms with Crippen LogP contribution in [0.4, 0.5) is 4.79 Å². The van der Waals surface area contributed by atoms with Crippen molar-refractivity contribution in [1.82, 2.24) is 10.2 Å². The monoisotopic (exact) mass is 394 g/mol. The zero-order valence-corrected chi connectivity index (χ0v) is 18.0. The molecular weight excluding hydrogens is 360 g/mol. The number of nitrogens with zero attached hydrogens (tertiary/aromatic N) is 1. The summed E-state index contributed by atoms with van der Waals surface area (Å²) in [5, 5.41) is 2.77. The Morgan fingerprint density at radius 3 is 2.46 bits per heavy atom. The third-order valence-corrected chi connectivity index (χ3v) is 3.85. The molecule has 0 aromatic heterocycles. The van der Waals surface area contributed by atoms with Crippen LogP contribution in [-0.4, -0.2) is 49.3 Å². The van der Waals surface area contributed by atoms with Crippen LogP contribution in [0.25, 0.3) is 0 Å². The number of hydrogen-bond acceptors (Lipinski definition) is 5. The molecule has 0 aliphatic carbocycles. The van der Waals surface area contributed by atoms with E-state index in [4.69, 9.17) is 14.2 Å². The number of rotatable bonds is 10. The predicted octanol–water partition coefficient (Wildman–Crippen LogP) is 3.75. The van der Waals surface area contributed by atoms with Gasteiger partial charge in [-0.3, -0.25) is 4.79 Å². The van der Waals surface area contributed by atoms with E-state index in [0.29, 0.717) is 50.6 Å². The zero-order chi connectivity index (χ0) is 21.2. The molecule has 28 heavy (non-hydrogen) atoms. The van der Waals surface area contributed by atoms with E-state index < -0.39 is 5.60 Å². The fourth-order valence-electron chi connectivity index (χ4n) is 2.46. The lowest BCUT2D eigenvalue weighted by atomic mass is 10.1. The molecule has 0 heterocycles. The summed E-state index contributed by atoms with van der Waals surface area (Å²) in [7, 11) is 1.59. The standard InChI is InChI=1S/C21H34N2O5/c1-7-22-19(24)10-9-13-27-18-14-17(26-6)12-11-16(18)15-23(8-2)20(25)28-21(3,4)5/h11-12,14H,7-10,13,15H2,1-6H3,(H,22,24). The van der Waals surface area contributed by atoms with Gasteiger partial charge < -0.3 is 24.4 Å². The predicted molar refractivity (Wildman–Crippen MR) is 109 cm³/mol. The number of benzene rings is 1. The number of carbonyl (C=O) groups excluding carboxylic acids is 2. The Kier molecular flexibility index (Phi) is 9.62. The largest absolute Gasteiger partial charge is 0.497 e. The van der Waals surface area contributed by atoms with E-state index >= 15 is 0 Å². The number of amides is 2. The molecular formula is C21H34N2O5. The maximum absolute atomic E-state index is 12.4. The Bertz CT molecular complexity index is 640. The van der Waals surface area contributed by atoms with Gasteiger partial charge in [0.2, 0.25) is 5.91 Å². The highest BCUT2D eigenvalue weighted by atomic mass is 16.6. The molecule has 1 aromatic carbocycles. The van der Waals surface area contributed by atoms with Gasteiger partial charge in [0.1, 0.15) is 17.1 Å². The number of hydrogen-bond donors (Lipinski definition) is 1. The average Bonchev–Trinajstić information content (AvgIpc) is 2.62. The minimum absolute atomic E-state index is 0.0130. The van der Waals surface area contributed by atoms with Crippen molar-refractivity contribution < 1.29 is 23.8 Å². The van der Waals surface area contributed by atoms with Gasteiger partial charge in [0.25, 0.3) is 0 Å². The Balaban J connectivity index is 2.81. The molecule has 7 nitrogen and oxygen atoms in total. The van der Waals surface area contributed by atoms with Crippen molar-refractivity contribution in [2.75, 3.05) is 26.8 Å². The lowest BCUT2D eigenvalue weighted by Gasteiger charge is -2.27. The molecule has 0 aliphatic rings. The highest BCUT2D eigenvalue weighted by Crippen LogP contribution is 2.27. The molecule has 1 rings (SSSR count). The molecule has 0 fully saturated rings. The minimum Gasteiger partial charge on any atom is -0.497 e. The smallest absolute Gasteiger partial charge is 0.410 e. The summed E-state index contributed by atoms with van der Waals surface area (Å²) in [6.07, 6.45) is 0.644. The first-order chi connectivity index (χ1) is 13.2. The first-order valence-corrected chi connectivity index (χ1v) is 9.74. The van der Waals surface area contributed by atoms with Gasteiger partial charge in [-0.15, -0.1) is 0 Å². The van der Waals surface area contributed by atoms with Gasteiger partial charge in [0.15, 0.2) is 0 Å². The molecule has 0 unspecified atom stereocenters. The van der Waals surface area contributed by atoms with Crippen LogP contribution in [0.5, 0.6) is 11.5 Å². The van der Waals surface area contributed by atoms with Crippen molar-refractivity contribution in [2.24, 2.45) is 0 Å². The summed E-state index contributed by atoms with van der Waals surface area (Å²) in [6.45, 7) is 11.2.